The normalized spacial score (nSPS) is 13.4. The van der Waals surface area contributed by atoms with Crippen molar-refractivity contribution in [1.29, 1.82) is 0 Å². The van der Waals surface area contributed by atoms with Gasteiger partial charge in [0.2, 0.25) is 10.0 Å². The van der Waals surface area contributed by atoms with Crippen LogP contribution in [0.1, 0.15) is 20.3 Å². The van der Waals surface area contributed by atoms with E-state index in [9.17, 15) is 13.2 Å². The fourth-order valence-corrected chi connectivity index (χ4v) is 4.69. The van der Waals surface area contributed by atoms with Gasteiger partial charge in [0.1, 0.15) is 0 Å². The molecule has 0 fully saturated rings. The minimum atomic E-state index is -3.78. The van der Waals surface area contributed by atoms with E-state index in [1.54, 1.807) is 26.0 Å². The standard InChI is InChI=1S/C12H15Br2NO4S/c1-7(2)10(6-12(16)17)15-20(18,19)11-4-3-8(13)5-9(11)14/h3-5,7,10,15H,6H2,1-2H3,(H,16,17). The Kier molecular flexibility index (Phi) is 6.18. The summed E-state index contributed by atoms with van der Waals surface area (Å²) in [4.78, 5) is 10.9. The molecule has 5 nitrogen and oxygen atoms in total. The summed E-state index contributed by atoms with van der Waals surface area (Å²) in [7, 11) is -3.78. The minimum absolute atomic E-state index is 0.0803. The lowest BCUT2D eigenvalue weighted by Crippen LogP contribution is -2.40. The summed E-state index contributed by atoms with van der Waals surface area (Å²) in [5.41, 5.74) is 0. The summed E-state index contributed by atoms with van der Waals surface area (Å²) in [5, 5.41) is 8.84. The van der Waals surface area contributed by atoms with Crippen LogP contribution in [0.4, 0.5) is 0 Å². The Morgan fingerprint density at radius 1 is 1.35 bits per heavy atom. The van der Waals surface area contributed by atoms with E-state index in [-0.39, 0.29) is 17.2 Å². The van der Waals surface area contributed by atoms with Crippen molar-refractivity contribution in [3.8, 4) is 0 Å². The van der Waals surface area contributed by atoms with Gasteiger partial charge in [-0.3, -0.25) is 4.79 Å². The maximum Gasteiger partial charge on any atom is 0.304 e. The summed E-state index contributed by atoms with van der Waals surface area (Å²) >= 11 is 6.44. The summed E-state index contributed by atoms with van der Waals surface area (Å²) in [6, 6.07) is 4.03. The lowest BCUT2D eigenvalue weighted by atomic mass is 10.0. The number of halogens is 2. The molecule has 8 heteroatoms. The molecule has 0 aliphatic carbocycles. The molecule has 1 rings (SSSR count). The van der Waals surface area contributed by atoms with Crippen LogP contribution in [0.5, 0.6) is 0 Å². The zero-order valence-corrected chi connectivity index (χ0v) is 14.9. The highest BCUT2D eigenvalue weighted by atomic mass is 79.9. The zero-order chi connectivity index (χ0) is 15.5. The van der Waals surface area contributed by atoms with Gasteiger partial charge in [0.05, 0.1) is 11.3 Å². The highest BCUT2D eigenvalue weighted by molar-refractivity contribution is 9.11. The van der Waals surface area contributed by atoms with Gasteiger partial charge in [-0.05, 0) is 40.0 Å². The van der Waals surface area contributed by atoms with Crippen LogP contribution in [0.15, 0.2) is 32.0 Å². The van der Waals surface area contributed by atoms with E-state index >= 15 is 0 Å². The number of carbonyl (C=O) groups is 1. The number of hydrogen-bond donors (Lipinski definition) is 2. The smallest absolute Gasteiger partial charge is 0.304 e. The molecule has 0 radical (unpaired) electrons. The third-order valence-electron chi connectivity index (χ3n) is 2.69. The largest absolute Gasteiger partial charge is 0.481 e. The molecule has 1 atom stereocenters. The molecule has 0 bridgehead atoms. The van der Waals surface area contributed by atoms with Gasteiger partial charge in [-0.25, -0.2) is 13.1 Å². The summed E-state index contributed by atoms with van der Waals surface area (Å²) < 4.78 is 28.2. The van der Waals surface area contributed by atoms with Crippen molar-refractivity contribution < 1.29 is 18.3 Å². The van der Waals surface area contributed by atoms with Gasteiger partial charge in [0, 0.05) is 15.0 Å². The third-order valence-corrected chi connectivity index (χ3v) is 5.65. The number of rotatable bonds is 6. The predicted octanol–water partition coefficient (Wildman–Crippen LogP) is 2.99. The fourth-order valence-electron chi connectivity index (χ4n) is 1.56. The molecule has 1 unspecified atom stereocenters. The van der Waals surface area contributed by atoms with Gasteiger partial charge >= 0.3 is 5.97 Å². The van der Waals surface area contributed by atoms with Crippen molar-refractivity contribution in [2.24, 2.45) is 5.92 Å². The van der Waals surface area contributed by atoms with Crippen LogP contribution in [-0.4, -0.2) is 25.5 Å². The molecular weight excluding hydrogens is 414 g/mol. The van der Waals surface area contributed by atoms with Gasteiger partial charge in [-0.15, -0.1) is 0 Å². The third kappa shape index (κ3) is 4.83. The molecule has 0 heterocycles. The van der Waals surface area contributed by atoms with E-state index in [1.807, 2.05) is 0 Å². The molecule has 0 aliphatic heterocycles. The van der Waals surface area contributed by atoms with Crippen molar-refractivity contribution in [3.05, 3.63) is 27.1 Å². The molecule has 0 saturated carbocycles. The Balaban J connectivity index is 3.06. The number of carboxylic acids is 1. The highest BCUT2D eigenvalue weighted by Crippen LogP contribution is 2.26. The quantitative estimate of drug-likeness (QED) is 0.729. The van der Waals surface area contributed by atoms with E-state index in [4.69, 9.17) is 5.11 Å². The first-order chi connectivity index (χ1) is 9.13. The number of aliphatic carboxylic acids is 1. The van der Waals surface area contributed by atoms with Crippen molar-refractivity contribution in [2.45, 2.75) is 31.2 Å². The molecular formula is C12H15Br2NO4S. The van der Waals surface area contributed by atoms with Crippen LogP contribution < -0.4 is 4.72 Å². The number of hydrogen-bond acceptors (Lipinski definition) is 3. The topological polar surface area (TPSA) is 83.5 Å². The lowest BCUT2D eigenvalue weighted by molar-refractivity contribution is -0.137. The average Bonchev–Trinajstić information content (AvgIpc) is 2.26. The maximum atomic E-state index is 12.3. The molecule has 1 aromatic rings. The first-order valence-electron chi connectivity index (χ1n) is 5.82. The van der Waals surface area contributed by atoms with Gasteiger partial charge in [0.25, 0.3) is 0 Å². The number of carboxylic acid groups (broad SMARTS) is 1. The molecule has 0 aromatic heterocycles. The predicted molar refractivity (Wildman–Crippen MR) is 83.0 cm³/mol. The van der Waals surface area contributed by atoms with Gasteiger partial charge < -0.3 is 5.11 Å². The maximum absolute atomic E-state index is 12.3. The van der Waals surface area contributed by atoms with Crippen molar-refractivity contribution >= 4 is 47.9 Å². The minimum Gasteiger partial charge on any atom is -0.481 e. The first-order valence-corrected chi connectivity index (χ1v) is 8.89. The van der Waals surface area contributed by atoms with E-state index < -0.39 is 22.0 Å². The van der Waals surface area contributed by atoms with Crippen LogP contribution >= 0.6 is 31.9 Å². The Morgan fingerprint density at radius 3 is 2.40 bits per heavy atom. The lowest BCUT2D eigenvalue weighted by Gasteiger charge is -2.21. The second-order valence-corrected chi connectivity index (χ2v) is 8.10. The van der Waals surface area contributed by atoms with Crippen molar-refractivity contribution in [3.63, 3.8) is 0 Å². The Morgan fingerprint density at radius 2 is 1.95 bits per heavy atom. The molecule has 0 aliphatic rings. The van der Waals surface area contributed by atoms with Gasteiger partial charge in [-0.2, -0.15) is 0 Å². The number of nitrogens with one attached hydrogen (secondary N) is 1. The Bertz CT molecular complexity index is 601. The van der Waals surface area contributed by atoms with E-state index in [2.05, 4.69) is 36.6 Å². The molecule has 1 aromatic carbocycles. The second-order valence-electron chi connectivity index (χ2n) is 4.64. The Hall–Kier alpha value is -0.440. The van der Waals surface area contributed by atoms with Crippen molar-refractivity contribution in [1.82, 2.24) is 4.72 Å². The number of benzene rings is 1. The van der Waals surface area contributed by atoms with Crippen molar-refractivity contribution in [2.75, 3.05) is 0 Å². The molecule has 0 spiro atoms. The van der Waals surface area contributed by atoms with Gasteiger partial charge in [0.15, 0.2) is 0 Å². The van der Waals surface area contributed by atoms with Crippen LogP contribution in [0, 0.1) is 5.92 Å². The zero-order valence-electron chi connectivity index (χ0n) is 10.9. The SMILES string of the molecule is CC(C)C(CC(=O)O)NS(=O)(=O)c1ccc(Br)cc1Br. The molecule has 2 N–H and O–H groups in total. The van der Waals surface area contributed by atoms with E-state index in [1.165, 1.54) is 6.07 Å². The summed E-state index contributed by atoms with van der Waals surface area (Å²) in [5.74, 6) is -1.17. The Labute approximate surface area is 135 Å². The highest BCUT2D eigenvalue weighted by Gasteiger charge is 2.26. The first kappa shape index (κ1) is 17.6. The van der Waals surface area contributed by atoms with Crippen LogP contribution in [-0.2, 0) is 14.8 Å². The van der Waals surface area contributed by atoms with Crippen LogP contribution in [0.3, 0.4) is 0 Å². The fraction of sp³-hybridized carbons (Fsp3) is 0.417. The summed E-state index contributed by atoms with van der Waals surface area (Å²) in [6.45, 7) is 3.54. The van der Waals surface area contributed by atoms with E-state index in [0.29, 0.717) is 4.47 Å². The molecule has 20 heavy (non-hydrogen) atoms. The van der Waals surface area contributed by atoms with E-state index in [0.717, 1.165) is 4.47 Å². The average molecular weight is 429 g/mol. The molecule has 0 saturated heterocycles. The number of sulfonamides is 1. The summed E-state index contributed by atoms with van der Waals surface area (Å²) in [6.07, 6.45) is -0.259. The van der Waals surface area contributed by atoms with Gasteiger partial charge in [-0.1, -0.05) is 29.8 Å². The second kappa shape index (κ2) is 7.02. The monoisotopic (exact) mass is 427 g/mol. The van der Waals surface area contributed by atoms with Crippen LogP contribution in [0.25, 0.3) is 0 Å². The van der Waals surface area contributed by atoms with Crippen LogP contribution in [0.2, 0.25) is 0 Å². The molecule has 0 amide bonds. The molecule has 112 valence electrons.